The van der Waals surface area contributed by atoms with Crippen molar-refractivity contribution in [2.75, 3.05) is 7.05 Å². The highest BCUT2D eigenvalue weighted by Crippen LogP contribution is 2.22. The Hall–Kier alpha value is -0.610. The SMILES string of the molecule is CC(C(N)=O)N(C)C1CCC(N)CC1. The molecule has 82 valence electrons. The Bertz CT molecular complexity index is 200. The molecule has 1 fully saturated rings. The third-order valence-electron chi connectivity index (χ3n) is 3.34. The lowest BCUT2D eigenvalue weighted by Gasteiger charge is -2.35. The molecule has 1 aliphatic rings. The van der Waals surface area contributed by atoms with Crippen molar-refractivity contribution < 1.29 is 4.79 Å². The number of amides is 1. The quantitative estimate of drug-likeness (QED) is 0.675. The number of carbonyl (C=O) groups is 1. The molecule has 1 unspecified atom stereocenters. The summed E-state index contributed by atoms with van der Waals surface area (Å²) in [5, 5.41) is 0. The van der Waals surface area contributed by atoms with Gasteiger partial charge in [0.15, 0.2) is 0 Å². The van der Waals surface area contributed by atoms with Gasteiger partial charge in [0.2, 0.25) is 5.91 Å². The van der Waals surface area contributed by atoms with E-state index < -0.39 is 0 Å². The molecule has 0 aromatic rings. The molecule has 0 saturated heterocycles. The maximum Gasteiger partial charge on any atom is 0.234 e. The first-order valence-corrected chi connectivity index (χ1v) is 5.29. The van der Waals surface area contributed by atoms with Crippen LogP contribution >= 0.6 is 0 Å². The van der Waals surface area contributed by atoms with Crippen molar-refractivity contribution in [3.63, 3.8) is 0 Å². The van der Waals surface area contributed by atoms with Crippen LogP contribution in [-0.2, 0) is 4.79 Å². The summed E-state index contributed by atoms with van der Waals surface area (Å²) in [6, 6.07) is 0.648. The summed E-state index contributed by atoms with van der Waals surface area (Å²) in [7, 11) is 1.97. The van der Waals surface area contributed by atoms with Gasteiger partial charge in [-0.3, -0.25) is 9.69 Å². The largest absolute Gasteiger partial charge is 0.368 e. The third-order valence-corrected chi connectivity index (χ3v) is 3.34. The molecule has 4 N–H and O–H groups in total. The van der Waals surface area contributed by atoms with Gasteiger partial charge in [0.25, 0.3) is 0 Å². The van der Waals surface area contributed by atoms with Crippen molar-refractivity contribution in [2.24, 2.45) is 11.5 Å². The zero-order valence-electron chi connectivity index (χ0n) is 9.07. The van der Waals surface area contributed by atoms with Crippen molar-refractivity contribution in [2.45, 2.75) is 50.7 Å². The van der Waals surface area contributed by atoms with E-state index in [9.17, 15) is 4.79 Å². The van der Waals surface area contributed by atoms with Crippen LogP contribution in [0, 0.1) is 0 Å². The molecule has 14 heavy (non-hydrogen) atoms. The van der Waals surface area contributed by atoms with Gasteiger partial charge in [-0.25, -0.2) is 0 Å². The topological polar surface area (TPSA) is 72.4 Å². The standard InChI is InChI=1S/C10H21N3O/c1-7(10(12)14)13(2)9-5-3-8(11)4-6-9/h7-9H,3-6,11H2,1-2H3,(H2,12,14). The molecule has 4 heteroatoms. The van der Waals surface area contributed by atoms with Crippen LogP contribution in [0.25, 0.3) is 0 Å². The molecule has 1 atom stereocenters. The second-order valence-corrected chi connectivity index (χ2v) is 4.31. The molecule has 0 aromatic heterocycles. The zero-order chi connectivity index (χ0) is 10.7. The summed E-state index contributed by atoms with van der Waals surface area (Å²) >= 11 is 0. The summed E-state index contributed by atoms with van der Waals surface area (Å²) in [4.78, 5) is 13.1. The number of primary amides is 1. The molecule has 0 bridgehead atoms. The first-order valence-electron chi connectivity index (χ1n) is 5.29. The maximum absolute atomic E-state index is 11.0. The first-order chi connectivity index (χ1) is 6.52. The number of likely N-dealkylation sites (N-methyl/N-ethyl adjacent to an activating group) is 1. The summed E-state index contributed by atoms with van der Waals surface area (Å²) in [6.07, 6.45) is 4.27. The minimum absolute atomic E-state index is 0.172. The molecule has 1 rings (SSSR count). The molecular formula is C10H21N3O. The molecule has 1 aliphatic carbocycles. The minimum Gasteiger partial charge on any atom is -0.368 e. The zero-order valence-corrected chi connectivity index (χ0v) is 9.07. The normalized spacial score (nSPS) is 30.3. The highest BCUT2D eigenvalue weighted by molar-refractivity contribution is 5.79. The van der Waals surface area contributed by atoms with Crippen molar-refractivity contribution in [1.82, 2.24) is 4.90 Å². The number of hydrogen-bond acceptors (Lipinski definition) is 3. The van der Waals surface area contributed by atoms with Gasteiger partial charge >= 0.3 is 0 Å². The molecule has 0 aliphatic heterocycles. The number of carbonyl (C=O) groups excluding carboxylic acids is 1. The molecule has 0 spiro atoms. The van der Waals surface area contributed by atoms with Crippen LogP contribution in [0.15, 0.2) is 0 Å². The van der Waals surface area contributed by atoms with E-state index >= 15 is 0 Å². The molecule has 0 radical (unpaired) electrons. The lowest BCUT2D eigenvalue weighted by molar-refractivity contribution is -0.123. The Labute approximate surface area is 85.6 Å². The Morgan fingerprint density at radius 2 is 1.86 bits per heavy atom. The molecule has 4 nitrogen and oxygen atoms in total. The lowest BCUT2D eigenvalue weighted by atomic mass is 9.90. The smallest absolute Gasteiger partial charge is 0.234 e. The Balaban J connectivity index is 2.45. The number of rotatable bonds is 3. The van der Waals surface area contributed by atoms with Gasteiger partial charge in [0.1, 0.15) is 0 Å². The van der Waals surface area contributed by atoms with Crippen molar-refractivity contribution >= 4 is 5.91 Å². The highest BCUT2D eigenvalue weighted by atomic mass is 16.1. The van der Waals surface area contributed by atoms with Crippen molar-refractivity contribution in [3.8, 4) is 0 Å². The third kappa shape index (κ3) is 2.69. The number of nitrogens with two attached hydrogens (primary N) is 2. The van der Waals surface area contributed by atoms with Gasteiger partial charge in [-0.05, 0) is 39.7 Å². The predicted octanol–water partition coefficient (Wildman–Crippen LogP) is 0.0619. The molecule has 0 aromatic carbocycles. The summed E-state index contributed by atoms with van der Waals surface area (Å²) < 4.78 is 0. The Morgan fingerprint density at radius 1 is 1.36 bits per heavy atom. The van der Waals surface area contributed by atoms with Crippen LogP contribution in [0.5, 0.6) is 0 Å². The van der Waals surface area contributed by atoms with E-state index in [1.807, 2.05) is 14.0 Å². The highest BCUT2D eigenvalue weighted by Gasteiger charge is 2.26. The van der Waals surface area contributed by atoms with E-state index in [-0.39, 0.29) is 11.9 Å². The maximum atomic E-state index is 11.0. The predicted molar refractivity (Wildman–Crippen MR) is 56.7 cm³/mol. The van der Waals surface area contributed by atoms with E-state index in [0.717, 1.165) is 25.7 Å². The van der Waals surface area contributed by atoms with E-state index in [4.69, 9.17) is 11.5 Å². The fourth-order valence-electron chi connectivity index (χ4n) is 2.03. The van der Waals surface area contributed by atoms with E-state index in [0.29, 0.717) is 12.1 Å². The van der Waals surface area contributed by atoms with Crippen LogP contribution in [0.3, 0.4) is 0 Å². The van der Waals surface area contributed by atoms with E-state index in [1.54, 1.807) is 0 Å². The van der Waals surface area contributed by atoms with E-state index in [2.05, 4.69) is 4.90 Å². The minimum atomic E-state index is -0.248. The van der Waals surface area contributed by atoms with Crippen LogP contribution < -0.4 is 11.5 Å². The van der Waals surface area contributed by atoms with Crippen LogP contribution in [0.4, 0.5) is 0 Å². The second-order valence-electron chi connectivity index (χ2n) is 4.31. The fraction of sp³-hybridized carbons (Fsp3) is 0.900. The average Bonchev–Trinajstić information content (AvgIpc) is 2.16. The first kappa shape index (κ1) is 11.5. The van der Waals surface area contributed by atoms with Gasteiger partial charge in [-0.15, -0.1) is 0 Å². The number of hydrogen-bond donors (Lipinski definition) is 2. The van der Waals surface area contributed by atoms with Gasteiger partial charge in [0, 0.05) is 12.1 Å². The summed E-state index contributed by atoms with van der Waals surface area (Å²) in [5.41, 5.74) is 11.1. The van der Waals surface area contributed by atoms with Gasteiger partial charge < -0.3 is 11.5 Å². The van der Waals surface area contributed by atoms with Crippen molar-refractivity contribution in [1.29, 1.82) is 0 Å². The monoisotopic (exact) mass is 199 g/mol. The van der Waals surface area contributed by atoms with Gasteiger partial charge in [0.05, 0.1) is 6.04 Å². The number of nitrogens with zero attached hydrogens (tertiary/aromatic N) is 1. The Morgan fingerprint density at radius 3 is 2.29 bits per heavy atom. The van der Waals surface area contributed by atoms with Crippen LogP contribution in [0.2, 0.25) is 0 Å². The summed E-state index contributed by atoms with van der Waals surface area (Å²) in [6.45, 7) is 1.86. The van der Waals surface area contributed by atoms with Gasteiger partial charge in [-0.2, -0.15) is 0 Å². The van der Waals surface area contributed by atoms with Gasteiger partial charge in [-0.1, -0.05) is 0 Å². The second kappa shape index (κ2) is 4.75. The average molecular weight is 199 g/mol. The lowest BCUT2D eigenvalue weighted by Crippen LogP contribution is -2.48. The van der Waals surface area contributed by atoms with Crippen LogP contribution in [0.1, 0.15) is 32.6 Å². The molecule has 1 saturated carbocycles. The molecular weight excluding hydrogens is 178 g/mol. The van der Waals surface area contributed by atoms with E-state index in [1.165, 1.54) is 0 Å². The molecule has 0 heterocycles. The Kier molecular flexibility index (Phi) is 3.89. The summed E-state index contributed by atoms with van der Waals surface area (Å²) in [5.74, 6) is -0.248. The van der Waals surface area contributed by atoms with Crippen molar-refractivity contribution in [3.05, 3.63) is 0 Å². The molecule has 1 amide bonds. The van der Waals surface area contributed by atoms with Crippen LogP contribution in [-0.4, -0.2) is 36.0 Å². The fourth-order valence-corrected chi connectivity index (χ4v) is 2.03.